The molecule has 2 atom stereocenters. The first-order valence-corrected chi connectivity index (χ1v) is 7.89. The van der Waals surface area contributed by atoms with Gasteiger partial charge >= 0.3 is 0 Å². The number of methoxy groups -OCH3 is 2. The van der Waals surface area contributed by atoms with Crippen molar-refractivity contribution in [3.8, 4) is 5.75 Å². The molecule has 1 saturated heterocycles. The lowest BCUT2D eigenvalue weighted by Gasteiger charge is -2.25. The highest BCUT2D eigenvalue weighted by Crippen LogP contribution is 2.22. The zero-order chi connectivity index (χ0) is 15.1. The van der Waals surface area contributed by atoms with Crippen molar-refractivity contribution in [1.29, 1.82) is 0 Å². The Kier molecular flexibility index (Phi) is 6.49. The minimum absolute atomic E-state index is 0.343. The second-order valence-corrected chi connectivity index (χ2v) is 5.69. The van der Waals surface area contributed by atoms with Crippen molar-refractivity contribution < 1.29 is 9.47 Å². The van der Waals surface area contributed by atoms with Gasteiger partial charge in [0.05, 0.1) is 13.2 Å². The second-order valence-electron chi connectivity index (χ2n) is 5.69. The lowest BCUT2D eigenvalue weighted by atomic mass is 10.1. The Labute approximate surface area is 128 Å². The van der Waals surface area contributed by atoms with Gasteiger partial charge in [-0.05, 0) is 37.1 Å². The fourth-order valence-electron chi connectivity index (χ4n) is 2.88. The van der Waals surface area contributed by atoms with Gasteiger partial charge in [0.15, 0.2) is 0 Å². The van der Waals surface area contributed by atoms with Crippen molar-refractivity contribution in [3.05, 3.63) is 29.8 Å². The highest BCUT2D eigenvalue weighted by molar-refractivity contribution is 5.30. The predicted octanol–water partition coefficient (Wildman–Crippen LogP) is 2.46. The summed E-state index contributed by atoms with van der Waals surface area (Å²) in [4.78, 5) is 2.49. The number of rotatable bonds is 8. The Morgan fingerprint density at radius 2 is 2.24 bits per heavy atom. The van der Waals surface area contributed by atoms with Gasteiger partial charge in [0.1, 0.15) is 5.75 Å². The van der Waals surface area contributed by atoms with Crippen LogP contribution in [-0.4, -0.2) is 51.4 Å². The van der Waals surface area contributed by atoms with Crippen LogP contribution in [0.25, 0.3) is 0 Å². The van der Waals surface area contributed by atoms with Crippen LogP contribution in [0.5, 0.6) is 5.75 Å². The third-order valence-electron chi connectivity index (χ3n) is 4.14. The number of ether oxygens (including phenoxy) is 2. The smallest absolute Gasteiger partial charge is 0.119 e. The van der Waals surface area contributed by atoms with E-state index < -0.39 is 0 Å². The molecular formula is C17H28N2O2. The lowest BCUT2D eigenvalue weighted by molar-refractivity contribution is 0.106. The van der Waals surface area contributed by atoms with E-state index in [0.717, 1.165) is 44.8 Å². The highest BCUT2D eigenvalue weighted by atomic mass is 16.5. The molecule has 0 aliphatic carbocycles. The van der Waals surface area contributed by atoms with Gasteiger partial charge in [-0.1, -0.05) is 19.1 Å². The molecule has 0 spiro atoms. The van der Waals surface area contributed by atoms with Gasteiger partial charge in [-0.25, -0.2) is 0 Å². The predicted molar refractivity (Wildman–Crippen MR) is 85.9 cm³/mol. The first kappa shape index (κ1) is 16.3. The highest BCUT2D eigenvalue weighted by Gasteiger charge is 2.24. The van der Waals surface area contributed by atoms with Crippen molar-refractivity contribution in [2.75, 3.05) is 40.4 Å². The van der Waals surface area contributed by atoms with Gasteiger partial charge in [-0.15, -0.1) is 0 Å². The molecule has 0 saturated carbocycles. The summed E-state index contributed by atoms with van der Waals surface area (Å²) in [5.74, 6) is 0.923. The number of hydrogen-bond acceptors (Lipinski definition) is 4. The molecule has 21 heavy (non-hydrogen) atoms. The average molecular weight is 292 g/mol. The maximum Gasteiger partial charge on any atom is 0.119 e. The van der Waals surface area contributed by atoms with Crippen LogP contribution in [0, 0.1) is 0 Å². The van der Waals surface area contributed by atoms with Crippen LogP contribution in [0.1, 0.15) is 31.4 Å². The number of hydrogen-bond donors (Lipinski definition) is 1. The zero-order valence-electron chi connectivity index (χ0n) is 13.5. The molecule has 1 aliphatic heterocycles. The first-order valence-electron chi connectivity index (χ1n) is 7.89. The first-order chi connectivity index (χ1) is 10.3. The second kappa shape index (κ2) is 8.37. The van der Waals surface area contributed by atoms with E-state index >= 15 is 0 Å². The van der Waals surface area contributed by atoms with Crippen molar-refractivity contribution in [2.24, 2.45) is 0 Å². The van der Waals surface area contributed by atoms with E-state index in [1.807, 2.05) is 13.2 Å². The molecule has 1 aromatic carbocycles. The molecule has 118 valence electrons. The molecule has 0 bridgehead atoms. The summed E-state index contributed by atoms with van der Waals surface area (Å²) in [5.41, 5.74) is 1.30. The fraction of sp³-hybridized carbons (Fsp3) is 0.647. The van der Waals surface area contributed by atoms with Gasteiger partial charge < -0.3 is 14.8 Å². The Hall–Kier alpha value is -1.10. The molecular weight excluding hydrogens is 264 g/mol. The molecule has 1 N–H and O–H groups in total. The monoisotopic (exact) mass is 292 g/mol. The number of likely N-dealkylation sites (tertiary alicyclic amines) is 1. The van der Waals surface area contributed by atoms with Crippen LogP contribution >= 0.6 is 0 Å². The molecule has 1 aromatic rings. The topological polar surface area (TPSA) is 33.7 Å². The molecule has 1 aliphatic rings. The van der Waals surface area contributed by atoms with Crippen molar-refractivity contribution >= 4 is 0 Å². The van der Waals surface area contributed by atoms with E-state index in [1.54, 1.807) is 7.11 Å². The van der Waals surface area contributed by atoms with Crippen LogP contribution < -0.4 is 10.1 Å². The zero-order valence-corrected chi connectivity index (χ0v) is 13.5. The molecule has 1 heterocycles. The molecule has 0 radical (unpaired) electrons. The summed E-state index contributed by atoms with van der Waals surface area (Å²) < 4.78 is 10.8. The van der Waals surface area contributed by atoms with Gasteiger partial charge in [0, 0.05) is 32.8 Å². The molecule has 0 amide bonds. The summed E-state index contributed by atoms with van der Waals surface area (Å²) in [6.07, 6.45) is 2.66. The number of nitrogens with one attached hydrogen (secondary N) is 1. The summed E-state index contributed by atoms with van der Waals surface area (Å²) in [5, 5.41) is 3.66. The van der Waals surface area contributed by atoms with Crippen molar-refractivity contribution in [2.45, 2.75) is 31.9 Å². The minimum atomic E-state index is 0.343. The molecule has 2 rings (SSSR count). The molecule has 4 nitrogen and oxygen atoms in total. The minimum Gasteiger partial charge on any atom is -0.497 e. The van der Waals surface area contributed by atoms with Crippen molar-refractivity contribution in [3.63, 3.8) is 0 Å². The number of benzene rings is 1. The summed E-state index contributed by atoms with van der Waals surface area (Å²) in [7, 11) is 3.53. The van der Waals surface area contributed by atoms with E-state index in [-0.39, 0.29) is 0 Å². The summed E-state index contributed by atoms with van der Waals surface area (Å²) in [6.45, 7) is 6.40. The van der Waals surface area contributed by atoms with E-state index in [4.69, 9.17) is 9.47 Å². The molecule has 2 unspecified atom stereocenters. The third-order valence-corrected chi connectivity index (χ3v) is 4.14. The normalized spacial score (nSPS) is 20.6. The molecule has 0 aromatic heterocycles. The van der Waals surface area contributed by atoms with E-state index in [1.165, 1.54) is 5.56 Å². The largest absolute Gasteiger partial charge is 0.497 e. The van der Waals surface area contributed by atoms with E-state index in [9.17, 15) is 0 Å². The van der Waals surface area contributed by atoms with Crippen LogP contribution in [0.4, 0.5) is 0 Å². The SMILES string of the molecule is CCCNC(CN1CCC(OC)C1)c1cccc(OC)c1. The molecule has 4 heteroatoms. The van der Waals surface area contributed by atoms with Gasteiger partial charge in [0.25, 0.3) is 0 Å². The number of nitrogens with zero attached hydrogens (tertiary/aromatic N) is 1. The van der Waals surface area contributed by atoms with Crippen molar-refractivity contribution in [1.82, 2.24) is 10.2 Å². The Bertz CT molecular complexity index is 425. The van der Waals surface area contributed by atoms with Gasteiger partial charge in [-0.2, -0.15) is 0 Å². The van der Waals surface area contributed by atoms with Crippen LogP contribution in [0.15, 0.2) is 24.3 Å². The van der Waals surface area contributed by atoms with Gasteiger partial charge in [-0.3, -0.25) is 4.90 Å². The van der Waals surface area contributed by atoms with Crippen LogP contribution in [0.3, 0.4) is 0 Å². The quantitative estimate of drug-likeness (QED) is 0.798. The van der Waals surface area contributed by atoms with Gasteiger partial charge in [0.2, 0.25) is 0 Å². The lowest BCUT2D eigenvalue weighted by Crippen LogP contribution is -2.35. The fourth-order valence-corrected chi connectivity index (χ4v) is 2.88. The Balaban J connectivity index is 2.03. The Morgan fingerprint density at radius 1 is 1.38 bits per heavy atom. The van der Waals surface area contributed by atoms with Crippen LogP contribution in [-0.2, 0) is 4.74 Å². The standard InChI is InChI=1S/C17H28N2O2/c1-4-9-18-17(13-19-10-8-16(12-19)21-3)14-6-5-7-15(11-14)20-2/h5-7,11,16-18H,4,8-10,12-13H2,1-3H3. The van der Waals surface area contributed by atoms with E-state index in [0.29, 0.717) is 12.1 Å². The molecule has 1 fully saturated rings. The average Bonchev–Trinajstić information content (AvgIpc) is 2.99. The maximum absolute atomic E-state index is 5.46. The summed E-state index contributed by atoms with van der Waals surface area (Å²) >= 11 is 0. The third kappa shape index (κ3) is 4.70. The van der Waals surface area contributed by atoms with Crippen LogP contribution in [0.2, 0.25) is 0 Å². The maximum atomic E-state index is 5.46. The van der Waals surface area contributed by atoms with E-state index in [2.05, 4.69) is 35.3 Å². The Morgan fingerprint density at radius 3 is 2.90 bits per heavy atom. The summed E-state index contributed by atoms with van der Waals surface area (Å²) in [6, 6.07) is 8.72.